The van der Waals surface area contributed by atoms with E-state index >= 15 is 0 Å². The largest absolute Gasteiger partial charge is 0.370 e. The van der Waals surface area contributed by atoms with Crippen molar-refractivity contribution in [2.75, 3.05) is 17.3 Å². The van der Waals surface area contributed by atoms with Gasteiger partial charge in [-0.3, -0.25) is 4.79 Å². The number of halogens is 2. The maximum absolute atomic E-state index is 12.4. The molecule has 142 valence electrons. The summed E-state index contributed by atoms with van der Waals surface area (Å²) in [4.78, 5) is 13.3. The molecule has 0 bridgehead atoms. The molecule has 28 heavy (non-hydrogen) atoms. The lowest BCUT2D eigenvalue weighted by atomic mass is 10.1. The first kappa shape index (κ1) is 19.2. The van der Waals surface area contributed by atoms with Crippen molar-refractivity contribution in [2.24, 2.45) is 0 Å². The number of nitrogens with one attached hydrogen (secondary N) is 2. The Balaban J connectivity index is 1.45. The summed E-state index contributed by atoms with van der Waals surface area (Å²) in [5, 5.41) is 7.55. The lowest BCUT2D eigenvalue weighted by molar-refractivity contribution is 0.102. The number of nitrogens with zero attached hydrogens (tertiary/aromatic N) is 1. The summed E-state index contributed by atoms with van der Waals surface area (Å²) in [7, 11) is 0. The van der Waals surface area contributed by atoms with Gasteiger partial charge in [0.2, 0.25) is 0 Å². The summed E-state index contributed by atoms with van der Waals surface area (Å²) < 4.78 is 2.17. The van der Waals surface area contributed by atoms with Crippen molar-refractivity contribution in [2.45, 2.75) is 11.4 Å². The van der Waals surface area contributed by atoms with Gasteiger partial charge in [0.25, 0.3) is 5.91 Å². The van der Waals surface area contributed by atoms with Crippen LogP contribution in [0.1, 0.15) is 15.9 Å². The van der Waals surface area contributed by atoms with Crippen molar-refractivity contribution in [1.29, 1.82) is 0 Å². The highest BCUT2D eigenvalue weighted by atomic mass is 35.5. The van der Waals surface area contributed by atoms with Crippen LogP contribution in [0, 0.1) is 0 Å². The second-order valence-corrected chi connectivity index (χ2v) is 8.30. The van der Waals surface area contributed by atoms with Crippen LogP contribution in [-0.4, -0.2) is 16.9 Å². The molecule has 7 heteroatoms. The average Bonchev–Trinajstić information content (AvgIpc) is 2.69. The molecule has 0 unspecified atom stereocenters. The molecule has 3 aromatic carbocycles. The van der Waals surface area contributed by atoms with Crippen LogP contribution in [0.3, 0.4) is 0 Å². The highest BCUT2D eigenvalue weighted by Gasteiger charge is 2.20. The van der Waals surface area contributed by atoms with Crippen LogP contribution >= 0.6 is 35.1 Å². The minimum Gasteiger partial charge on any atom is -0.370 e. The zero-order chi connectivity index (χ0) is 19.5. The van der Waals surface area contributed by atoms with Crippen LogP contribution < -0.4 is 10.6 Å². The van der Waals surface area contributed by atoms with Crippen LogP contribution in [0.15, 0.2) is 71.6 Å². The van der Waals surface area contributed by atoms with Gasteiger partial charge in [-0.05, 0) is 53.9 Å². The van der Waals surface area contributed by atoms with Crippen molar-refractivity contribution < 1.29 is 4.79 Å². The van der Waals surface area contributed by atoms with Crippen molar-refractivity contribution in [3.8, 4) is 0 Å². The molecule has 4 rings (SSSR count). The van der Waals surface area contributed by atoms with Crippen molar-refractivity contribution in [3.05, 3.63) is 87.9 Å². The molecule has 4 nitrogen and oxygen atoms in total. The van der Waals surface area contributed by atoms with Gasteiger partial charge in [-0.2, -0.15) is 0 Å². The highest BCUT2D eigenvalue weighted by Crippen LogP contribution is 2.41. The molecular weight excluding hydrogens is 413 g/mol. The Morgan fingerprint density at radius 2 is 1.89 bits per heavy atom. The molecule has 0 saturated carbocycles. The number of rotatable bonds is 4. The molecule has 0 saturated heterocycles. The molecule has 0 aromatic heterocycles. The Kier molecular flexibility index (Phi) is 5.78. The van der Waals surface area contributed by atoms with Gasteiger partial charge >= 0.3 is 0 Å². The zero-order valence-corrected chi connectivity index (χ0v) is 17.1. The lowest BCUT2D eigenvalue weighted by Crippen LogP contribution is -2.26. The van der Waals surface area contributed by atoms with E-state index in [0.717, 1.165) is 21.8 Å². The average molecular weight is 430 g/mol. The predicted octanol–water partition coefficient (Wildman–Crippen LogP) is 6.14. The van der Waals surface area contributed by atoms with Crippen LogP contribution in [-0.2, 0) is 6.54 Å². The number of amides is 1. The molecular formula is C21H17Cl2N3OS. The normalized spacial score (nSPS) is 13.5. The molecule has 1 aliphatic rings. The summed E-state index contributed by atoms with van der Waals surface area (Å²) in [5.41, 5.74) is 3.44. The minimum atomic E-state index is -0.121. The van der Waals surface area contributed by atoms with Gasteiger partial charge in [-0.25, -0.2) is 4.31 Å². The molecule has 0 aliphatic carbocycles. The van der Waals surface area contributed by atoms with Crippen LogP contribution in [0.4, 0.5) is 11.4 Å². The Morgan fingerprint density at radius 3 is 2.71 bits per heavy atom. The Labute approximate surface area is 178 Å². The van der Waals surface area contributed by atoms with Gasteiger partial charge in [0.15, 0.2) is 0 Å². The second kappa shape index (κ2) is 8.45. The van der Waals surface area contributed by atoms with E-state index in [1.165, 1.54) is 0 Å². The monoisotopic (exact) mass is 429 g/mol. The van der Waals surface area contributed by atoms with Gasteiger partial charge in [-0.15, -0.1) is 0 Å². The number of hydrogen-bond donors (Lipinski definition) is 2. The fraction of sp³-hybridized carbons (Fsp3) is 0.0952. The topological polar surface area (TPSA) is 44.4 Å². The van der Waals surface area contributed by atoms with Gasteiger partial charge in [0, 0.05) is 22.8 Å². The number of benzene rings is 3. The van der Waals surface area contributed by atoms with Crippen LogP contribution in [0.5, 0.6) is 0 Å². The molecule has 1 amide bonds. The Hall–Kier alpha value is -2.18. The SMILES string of the molecule is O=C(Nc1cccc(CN2CNc3cc(Cl)cc(Cl)c3S2)c1)c1ccccc1. The number of carbonyl (C=O) groups excluding carboxylic acids is 1. The third-order valence-electron chi connectivity index (χ3n) is 4.25. The van der Waals surface area contributed by atoms with E-state index in [-0.39, 0.29) is 5.91 Å². The summed E-state index contributed by atoms with van der Waals surface area (Å²) in [5.74, 6) is -0.121. The van der Waals surface area contributed by atoms with E-state index in [4.69, 9.17) is 23.2 Å². The standard InChI is InChI=1S/C21H17Cl2N3OS/c22-16-10-18(23)20-19(11-16)24-13-26(28-20)12-14-5-4-8-17(9-14)25-21(27)15-6-2-1-3-7-15/h1-11,24H,12-13H2,(H,25,27). The van der Waals surface area contributed by atoms with Gasteiger partial charge in [-0.1, -0.05) is 53.5 Å². The second-order valence-electron chi connectivity index (χ2n) is 6.35. The Morgan fingerprint density at radius 1 is 1.07 bits per heavy atom. The molecule has 2 N–H and O–H groups in total. The molecule has 3 aromatic rings. The van der Waals surface area contributed by atoms with Crippen molar-refractivity contribution >= 4 is 52.4 Å². The highest BCUT2D eigenvalue weighted by molar-refractivity contribution is 7.97. The smallest absolute Gasteiger partial charge is 0.255 e. The first-order valence-corrected chi connectivity index (χ1v) is 10.2. The number of fused-ring (bicyclic) bond motifs is 1. The third kappa shape index (κ3) is 4.45. The van der Waals surface area contributed by atoms with Crippen LogP contribution in [0.25, 0.3) is 0 Å². The molecule has 1 aliphatic heterocycles. The molecule has 1 heterocycles. The first-order chi connectivity index (χ1) is 13.6. The van der Waals surface area contributed by atoms with E-state index < -0.39 is 0 Å². The molecule has 0 atom stereocenters. The zero-order valence-electron chi connectivity index (χ0n) is 14.8. The predicted molar refractivity (Wildman–Crippen MR) is 117 cm³/mol. The van der Waals surface area contributed by atoms with E-state index in [2.05, 4.69) is 14.9 Å². The third-order valence-corrected chi connectivity index (χ3v) is 6.02. The number of anilines is 2. The maximum Gasteiger partial charge on any atom is 0.255 e. The van der Waals surface area contributed by atoms with E-state index in [1.54, 1.807) is 30.1 Å². The summed E-state index contributed by atoms with van der Waals surface area (Å²) in [6, 6.07) is 20.7. The fourth-order valence-corrected chi connectivity index (χ4v) is 4.52. The maximum atomic E-state index is 12.4. The summed E-state index contributed by atoms with van der Waals surface area (Å²) in [6.07, 6.45) is 0. The van der Waals surface area contributed by atoms with Gasteiger partial charge in [0.05, 0.1) is 22.3 Å². The Bertz CT molecular complexity index is 1010. The first-order valence-electron chi connectivity index (χ1n) is 8.70. The number of carbonyl (C=O) groups is 1. The number of hydrogen-bond acceptors (Lipinski definition) is 4. The van der Waals surface area contributed by atoms with E-state index in [9.17, 15) is 4.79 Å². The fourth-order valence-electron chi connectivity index (χ4n) is 2.95. The van der Waals surface area contributed by atoms with Gasteiger partial charge < -0.3 is 10.6 Å². The molecule has 0 radical (unpaired) electrons. The van der Waals surface area contributed by atoms with Crippen molar-refractivity contribution in [1.82, 2.24) is 4.31 Å². The molecule has 0 spiro atoms. The molecule has 0 fully saturated rings. The van der Waals surface area contributed by atoms with E-state index in [1.807, 2.05) is 48.5 Å². The van der Waals surface area contributed by atoms with Crippen molar-refractivity contribution in [3.63, 3.8) is 0 Å². The summed E-state index contributed by atoms with van der Waals surface area (Å²) in [6.45, 7) is 1.36. The summed E-state index contributed by atoms with van der Waals surface area (Å²) >= 11 is 14.0. The van der Waals surface area contributed by atoms with Crippen LogP contribution in [0.2, 0.25) is 10.0 Å². The van der Waals surface area contributed by atoms with E-state index in [0.29, 0.717) is 28.8 Å². The lowest BCUT2D eigenvalue weighted by Gasteiger charge is -2.29. The quantitative estimate of drug-likeness (QED) is 0.488. The van der Waals surface area contributed by atoms with Gasteiger partial charge in [0.1, 0.15) is 0 Å². The minimum absolute atomic E-state index is 0.121.